The van der Waals surface area contributed by atoms with E-state index in [4.69, 9.17) is 4.74 Å². The molecule has 29 heavy (non-hydrogen) atoms. The summed E-state index contributed by atoms with van der Waals surface area (Å²) in [4.78, 5) is 13.4. The minimum atomic E-state index is -0.337. The zero-order valence-electron chi connectivity index (χ0n) is 15.8. The predicted octanol–water partition coefficient (Wildman–Crippen LogP) is 5.04. The van der Waals surface area contributed by atoms with Crippen LogP contribution in [0.15, 0.2) is 53.8 Å². The SMILES string of the molecule is COCCCSCSc1nc(-c2cccnc2)nc(-c2ccc(F)cc2)c1C#N. The highest BCUT2D eigenvalue weighted by molar-refractivity contribution is 8.15. The molecule has 0 unspecified atom stereocenters. The molecule has 0 atom stereocenters. The number of ether oxygens (including phenoxy) is 1. The molecule has 0 bridgehead atoms. The maximum Gasteiger partial charge on any atom is 0.162 e. The average molecular weight is 427 g/mol. The normalized spacial score (nSPS) is 10.7. The van der Waals surface area contributed by atoms with Gasteiger partial charge in [0.2, 0.25) is 0 Å². The first-order valence-electron chi connectivity index (χ1n) is 8.91. The summed E-state index contributed by atoms with van der Waals surface area (Å²) < 4.78 is 18.4. The third kappa shape index (κ3) is 5.76. The number of methoxy groups -OCH3 is 1. The van der Waals surface area contributed by atoms with Crippen LogP contribution in [0, 0.1) is 17.1 Å². The van der Waals surface area contributed by atoms with Gasteiger partial charge >= 0.3 is 0 Å². The van der Waals surface area contributed by atoms with Crippen LogP contribution in [0.3, 0.4) is 0 Å². The van der Waals surface area contributed by atoms with Crippen LogP contribution in [0.2, 0.25) is 0 Å². The number of hydrogen-bond donors (Lipinski definition) is 0. The zero-order chi connectivity index (χ0) is 20.5. The summed E-state index contributed by atoms with van der Waals surface area (Å²) in [5.41, 5.74) is 2.32. The number of thioether (sulfide) groups is 2. The van der Waals surface area contributed by atoms with Gasteiger partial charge in [0.15, 0.2) is 5.82 Å². The van der Waals surface area contributed by atoms with E-state index in [1.807, 2.05) is 12.1 Å². The van der Waals surface area contributed by atoms with Crippen LogP contribution in [-0.4, -0.2) is 39.5 Å². The second kappa shape index (κ2) is 10.9. The Morgan fingerprint density at radius 3 is 2.66 bits per heavy atom. The van der Waals surface area contributed by atoms with Gasteiger partial charge in [-0.15, -0.1) is 0 Å². The van der Waals surface area contributed by atoms with Crippen molar-refractivity contribution in [1.29, 1.82) is 5.26 Å². The molecule has 0 saturated carbocycles. The van der Waals surface area contributed by atoms with Crippen molar-refractivity contribution in [2.24, 2.45) is 0 Å². The second-order valence-corrected chi connectivity index (χ2v) is 8.39. The Bertz CT molecular complexity index is 978. The maximum absolute atomic E-state index is 13.4. The van der Waals surface area contributed by atoms with Crippen molar-refractivity contribution in [1.82, 2.24) is 15.0 Å². The van der Waals surface area contributed by atoms with Gasteiger partial charge in [0.05, 0.1) is 5.69 Å². The molecule has 148 valence electrons. The summed E-state index contributed by atoms with van der Waals surface area (Å²) >= 11 is 3.27. The average Bonchev–Trinajstić information content (AvgIpc) is 2.76. The van der Waals surface area contributed by atoms with Crippen LogP contribution in [-0.2, 0) is 4.74 Å². The highest BCUT2D eigenvalue weighted by Crippen LogP contribution is 2.33. The van der Waals surface area contributed by atoms with Crippen molar-refractivity contribution in [2.75, 3.05) is 24.6 Å². The van der Waals surface area contributed by atoms with E-state index in [-0.39, 0.29) is 5.82 Å². The number of hydrogen-bond acceptors (Lipinski definition) is 7. The van der Waals surface area contributed by atoms with Gasteiger partial charge < -0.3 is 4.74 Å². The maximum atomic E-state index is 13.4. The van der Waals surface area contributed by atoms with Crippen LogP contribution in [0.4, 0.5) is 4.39 Å². The molecule has 2 heterocycles. The number of benzene rings is 1. The predicted molar refractivity (Wildman–Crippen MR) is 115 cm³/mol. The molecule has 0 N–H and O–H groups in total. The molecule has 0 amide bonds. The Balaban J connectivity index is 1.96. The zero-order valence-corrected chi connectivity index (χ0v) is 17.5. The molecule has 5 nitrogen and oxygen atoms in total. The lowest BCUT2D eigenvalue weighted by atomic mass is 10.1. The molecule has 1 aromatic carbocycles. The number of nitrogens with zero attached hydrogens (tertiary/aromatic N) is 4. The molecule has 0 aliphatic carbocycles. The van der Waals surface area contributed by atoms with Gasteiger partial charge in [-0.25, -0.2) is 14.4 Å². The lowest BCUT2D eigenvalue weighted by molar-refractivity contribution is 0.200. The van der Waals surface area contributed by atoms with E-state index in [9.17, 15) is 9.65 Å². The third-order valence-corrected chi connectivity index (χ3v) is 6.23. The quantitative estimate of drug-likeness (QED) is 0.205. The van der Waals surface area contributed by atoms with E-state index in [1.165, 1.54) is 23.9 Å². The van der Waals surface area contributed by atoms with Gasteiger partial charge in [-0.2, -0.15) is 17.0 Å². The Morgan fingerprint density at radius 2 is 1.97 bits per heavy atom. The molecule has 0 aliphatic heterocycles. The monoisotopic (exact) mass is 426 g/mol. The number of rotatable bonds is 9. The minimum Gasteiger partial charge on any atom is -0.385 e. The molecule has 0 aliphatic rings. The fourth-order valence-corrected chi connectivity index (χ4v) is 4.56. The van der Waals surface area contributed by atoms with Crippen molar-refractivity contribution >= 4 is 23.5 Å². The summed E-state index contributed by atoms with van der Waals surface area (Å²) in [6, 6.07) is 11.9. The molecular formula is C21H19FN4OS2. The molecule has 3 aromatic rings. The first kappa shape index (κ1) is 21.2. The van der Waals surface area contributed by atoms with Crippen molar-refractivity contribution < 1.29 is 9.13 Å². The van der Waals surface area contributed by atoms with E-state index in [1.54, 1.807) is 43.4 Å². The molecule has 8 heteroatoms. The van der Waals surface area contributed by atoms with E-state index >= 15 is 0 Å². The van der Waals surface area contributed by atoms with E-state index in [2.05, 4.69) is 21.0 Å². The van der Waals surface area contributed by atoms with E-state index in [0.29, 0.717) is 27.7 Å². The Hall–Kier alpha value is -2.47. The van der Waals surface area contributed by atoms with Gasteiger partial charge in [0.1, 0.15) is 22.5 Å². The van der Waals surface area contributed by atoms with Crippen LogP contribution in [0.25, 0.3) is 22.6 Å². The van der Waals surface area contributed by atoms with E-state index < -0.39 is 0 Å². The fraction of sp³-hybridized carbons (Fsp3) is 0.238. The molecule has 0 fully saturated rings. The standard InChI is InChI=1S/C21H19FN4OS2/c1-27-10-3-11-28-14-29-21-18(12-23)19(15-5-7-17(22)8-6-15)25-20(26-21)16-4-2-9-24-13-16/h2,4-9,13H,3,10-11,14H2,1H3. The number of aromatic nitrogens is 3. The van der Waals surface area contributed by atoms with Gasteiger partial charge in [0.25, 0.3) is 0 Å². The Kier molecular flexibility index (Phi) is 7.99. The highest BCUT2D eigenvalue weighted by Gasteiger charge is 2.17. The first-order valence-corrected chi connectivity index (χ1v) is 11.0. The van der Waals surface area contributed by atoms with Crippen LogP contribution in [0.5, 0.6) is 0 Å². The smallest absolute Gasteiger partial charge is 0.162 e. The molecule has 0 saturated heterocycles. The van der Waals surface area contributed by atoms with Crippen LogP contribution < -0.4 is 0 Å². The number of pyridine rings is 1. The molecule has 2 aromatic heterocycles. The second-order valence-electron chi connectivity index (χ2n) is 5.95. The topological polar surface area (TPSA) is 71.7 Å². The Labute approximate surface area is 177 Å². The van der Waals surface area contributed by atoms with Crippen LogP contribution in [0.1, 0.15) is 12.0 Å². The van der Waals surface area contributed by atoms with E-state index in [0.717, 1.165) is 29.4 Å². The lowest BCUT2D eigenvalue weighted by Crippen LogP contribution is -2.00. The summed E-state index contributed by atoms with van der Waals surface area (Å²) in [7, 11) is 1.69. The third-order valence-electron chi connectivity index (χ3n) is 3.94. The highest BCUT2D eigenvalue weighted by atomic mass is 32.2. The lowest BCUT2D eigenvalue weighted by Gasteiger charge is -2.11. The van der Waals surface area contributed by atoms with Crippen molar-refractivity contribution in [3.05, 3.63) is 60.2 Å². The number of halogens is 1. The number of nitriles is 1. The van der Waals surface area contributed by atoms with Crippen molar-refractivity contribution in [3.63, 3.8) is 0 Å². The first-order chi connectivity index (χ1) is 14.2. The Morgan fingerprint density at radius 1 is 1.14 bits per heavy atom. The van der Waals surface area contributed by atoms with Gasteiger partial charge in [-0.1, -0.05) is 11.8 Å². The molecular weight excluding hydrogens is 407 g/mol. The van der Waals surface area contributed by atoms with Gasteiger partial charge in [-0.05, 0) is 48.6 Å². The van der Waals surface area contributed by atoms with Gasteiger partial charge in [0, 0.05) is 42.3 Å². The van der Waals surface area contributed by atoms with Crippen LogP contribution >= 0.6 is 23.5 Å². The molecule has 3 rings (SSSR count). The fourth-order valence-electron chi connectivity index (χ4n) is 2.55. The van der Waals surface area contributed by atoms with Crippen molar-refractivity contribution in [3.8, 4) is 28.7 Å². The minimum absolute atomic E-state index is 0.337. The molecule has 0 radical (unpaired) electrons. The molecule has 0 spiro atoms. The van der Waals surface area contributed by atoms with Gasteiger partial charge in [-0.3, -0.25) is 4.98 Å². The summed E-state index contributed by atoms with van der Waals surface area (Å²) in [6.07, 6.45) is 4.34. The summed E-state index contributed by atoms with van der Waals surface area (Å²) in [5.74, 6) is 1.12. The largest absolute Gasteiger partial charge is 0.385 e. The summed E-state index contributed by atoms with van der Waals surface area (Å²) in [5, 5.41) is 11.2. The summed E-state index contributed by atoms with van der Waals surface area (Å²) in [6.45, 7) is 0.731. The van der Waals surface area contributed by atoms with Crippen molar-refractivity contribution in [2.45, 2.75) is 11.4 Å².